The average molecular weight is 416 g/mol. The highest BCUT2D eigenvalue weighted by Crippen LogP contribution is 2.37. The number of anilines is 1. The monoisotopic (exact) mass is 415 g/mol. The van der Waals surface area contributed by atoms with E-state index in [1.807, 2.05) is 32.0 Å². The molecule has 0 radical (unpaired) electrons. The molecule has 1 aliphatic rings. The number of aryl methyl sites for hydroxylation is 2. The lowest BCUT2D eigenvalue weighted by atomic mass is 10.0. The van der Waals surface area contributed by atoms with Crippen LogP contribution in [0.4, 0.5) is 5.69 Å². The molecule has 0 saturated carbocycles. The highest BCUT2D eigenvalue weighted by Gasteiger charge is 2.38. The Bertz CT molecular complexity index is 1030. The minimum absolute atomic E-state index is 0.211. The molecule has 0 atom stereocenters. The van der Waals surface area contributed by atoms with E-state index in [1.165, 1.54) is 12.0 Å². The second-order valence-corrected chi connectivity index (χ2v) is 7.42. The van der Waals surface area contributed by atoms with Crippen LogP contribution in [0.3, 0.4) is 0 Å². The van der Waals surface area contributed by atoms with Crippen molar-refractivity contribution in [1.29, 1.82) is 0 Å². The number of amides is 1. The molecular formula is C22H19Cl2NO3. The van der Waals surface area contributed by atoms with Gasteiger partial charge in [-0.1, -0.05) is 41.4 Å². The van der Waals surface area contributed by atoms with Crippen LogP contribution in [-0.4, -0.2) is 19.0 Å². The fourth-order valence-corrected chi connectivity index (χ4v) is 3.72. The molecule has 144 valence electrons. The third kappa shape index (κ3) is 3.58. The van der Waals surface area contributed by atoms with Gasteiger partial charge < -0.3 is 4.74 Å². The van der Waals surface area contributed by atoms with E-state index in [-0.39, 0.29) is 17.1 Å². The first-order chi connectivity index (χ1) is 13.2. The van der Waals surface area contributed by atoms with Crippen LogP contribution in [0.2, 0.25) is 10.0 Å². The van der Waals surface area contributed by atoms with Crippen molar-refractivity contribution >= 4 is 46.8 Å². The van der Waals surface area contributed by atoms with Gasteiger partial charge in [-0.25, -0.2) is 4.79 Å². The summed E-state index contributed by atoms with van der Waals surface area (Å²) < 4.78 is 4.93. The lowest BCUT2D eigenvalue weighted by Gasteiger charge is -2.19. The van der Waals surface area contributed by atoms with Crippen LogP contribution < -0.4 is 4.90 Å². The third-order valence-electron chi connectivity index (χ3n) is 4.54. The van der Waals surface area contributed by atoms with Crippen molar-refractivity contribution in [3.63, 3.8) is 0 Å². The lowest BCUT2D eigenvalue weighted by molar-refractivity contribution is -0.136. The van der Waals surface area contributed by atoms with Crippen molar-refractivity contribution in [1.82, 2.24) is 0 Å². The van der Waals surface area contributed by atoms with Gasteiger partial charge in [-0.2, -0.15) is 0 Å². The summed E-state index contributed by atoms with van der Waals surface area (Å²) >= 11 is 12.4. The molecule has 0 aromatic heterocycles. The van der Waals surface area contributed by atoms with Crippen LogP contribution in [0.25, 0.3) is 6.08 Å². The van der Waals surface area contributed by atoms with Crippen molar-refractivity contribution in [3.8, 4) is 0 Å². The van der Waals surface area contributed by atoms with Crippen LogP contribution in [0.5, 0.6) is 0 Å². The molecule has 0 spiro atoms. The topological polar surface area (TPSA) is 46.6 Å². The van der Waals surface area contributed by atoms with Gasteiger partial charge in [0.15, 0.2) is 0 Å². The van der Waals surface area contributed by atoms with Crippen molar-refractivity contribution < 1.29 is 14.3 Å². The highest BCUT2D eigenvalue weighted by molar-refractivity contribution is 6.43. The van der Waals surface area contributed by atoms with Gasteiger partial charge in [-0.05, 0) is 61.7 Å². The molecule has 1 heterocycles. The molecule has 1 amide bonds. The first-order valence-electron chi connectivity index (χ1n) is 8.62. The standard InChI is InChI=1S/C22H19Cl2NO3/c1-12-8-13(2)10-16(9-12)25-14(3)19(22(27)28-4)17(21(25)26)11-15-6-5-7-18(23)20(15)24/h5-11H,1-4H3/b17-11-. The smallest absolute Gasteiger partial charge is 0.340 e. The molecule has 1 aliphatic heterocycles. The minimum Gasteiger partial charge on any atom is -0.465 e. The maximum atomic E-state index is 13.3. The summed E-state index contributed by atoms with van der Waals surface area (Å²) in [6, 6.07) is 10.9. The number of methoxy groups -OCH3 is 1. The Morgan fingerprint density at radius 2 is 1.71 bits per heavy atom. The Balaban J connectivity index is 2.21. The Hall–Kier alpha value is -2.56. The number of benzene rings is 2. The highest BCUT2D eigenvalue weighted by atomic mass is 35.5. The van der Waals surface area contributed by atoms with E-state index in [2.05, 4.69) is 0 Å². The van der Waals surface area contributed by atoms with Gasteiger partial charge in [-0.15, -0.1) is 0 Å². The maximum absolute atomic E-state index is 13.3. The normalized spacial score (nSPS) is 15.6. The average Bonchev–Trinajstić information content (AvgIpc) is 2.87. The molecule has 3 rings (SSSR count). The zero-order valence-electron chi connectivity index (χ0n) is 16.0. The summed E-state index contributed by atoms with van der Waals surface area (Å²) in [5.41, 5.74) is 4.22. The summed E-state index contributed by atoms with van der Waals surface area (Å²) in [5.74, 6) is -0.902. The minimum atomic E-state index is -0.581. The predicted molar refractivity (Wildman–Crippen MR) is 113 cm³/mol. The summed E-state index contributed by atoms with van der Waals surface area (Å²) in [7, 11) is 1.29. The summed E-state index contributed by atoms with van der Waals surface area (Å²) in [6.07, 6.45) is 1.58. The van der Waals surface area contributed by atoms with E-state index in [4.69, 9.17) is 27.9 Å². The van der Waals surface area contributed by atoms with Gasteiger partial charge >= 0.3 is 5.97 Å². The van der Waals surface area contributed by atoms with Crippen molar-refractivity contribution in [2.24, 2.45) is 0 Å². The largest absolute Gasteiger partial charge is 0.465 e. The van der Waals surface area contributed by atoms with Gasteiger partial charge in [-0.3, -0.25) is 9.69 Å². The van der Waals surface area contributed by atoms with E-state index in [0.717, 1.165) is 11.1 Å². The molecule has 4 nitrogen and oxygen atoms in total. The molecule has 28 heavy (non-hydrogen) atoms. The van der Waals surface area contributed by atoms with Gasteiger partial charge in [0.1, 0.15) is 0 Å². The first-order valence-corrected chi connectivity index (χ1v) is 9.38. The van der Waals surface area contributed by atoms with E-state index in [0.29, 0.717) is 27.0 Å². The van der Waals surface area contributed by atoms with Gasteiger partial charge in [0, 0.05) is 11.4 Å². The molecule has 0 bridgehead atoms. The number of esters is 1. The Morgan fingerprint density at radius 3 is 2.32 bits per heavy atom. The van der Waals surface area contributed by atoms with Crippen molar-refractivity contribution in [2.45, 2.75) is 20.8 Å². The number of carbonyl (C=O) groups is 2. The maximum Gasteiger partial charge on any atom is 0.340 e. The molecule has 6 heteroatoms. The lowest BCUT2D eigenvalue weighted by Crippen LogP contribution is -2.24. The molecule has 0 saturated heterocycles. The molecule has 0 unspecified atom stereocenters. The molecular weight excluding hydrogens is 397 g/mol. The van der Waals surface area contributed by atoms with Crippen LogP contribution in [-0.2, 0) is 14.3 Å². The second-order valence-electron chi connectivity index (χ2n) is 6.64. The molecule has 0 fully saturated rings. The number of nitrogens with zero attached hydrogens (tertiary/aromatic N) is 1. The van der Waals surface area contributed by atoms with Crippen LogP contribution >= 0.6 is 23.2 Å². The van der Waals surface area contributed by atoms with Crippen molar-refractivity contribution in [3.05, 3.63) is 80.0 Å². The van der Waals surface area contributed by atoms with Gasteiger partial charge in [0.2, 0.25) is 0 Å². The SMILES string of the molecule is COC(=O)C1=C(C)N(c2cc(C)cc(C)c2)C(=O)/C1=C\c1cccc(Cl)c1Cl. The summed E-state index contributed by atoms with van der Waals surface area (Å²) in [5, 5.41) is 0.684. The second kappa shape index (κ2) is 7.82. The van der Waals surface area contributed by atoms with Crippen LogP contribution in [0.1, 0.15) is 23.6 Å². The van der Waals surface area contributed by atoms with E-state index in [1.54, 1.807) is 31.2 Å². The Labute approximate surface area is 174 Å². The summed E-state index contributed by atoms with van der Waals surface area (Å²) in [6.45, 7) is 5.64. The van der Waals surface area contributed by atoms with Crippen molar-refractivity contribution in [2.75, 3.05) is 12.0 Å². The first kappa shape index (κ1) is 20.2. The number of carbonyl (C=O) groups excluding carboxylic acids is 2. The summed E-state index contributed by atoms with van der Waals surface area (Å²) in [4.78, 5) is 27.3. The fraction of sp³-hybridized carbons (Fsp3) is 0.182. The van der Waals surface area contributed by atoms with Crippen LogP contribution in [0.15, 0.2) is 53.2 Å². The van der Waals surface area contributed by atoms with Crippen LogP contribution in [0, 0.1) is 13.8 Å². The number of hydrogen-bond acceptors (Lipinski definition) is 3. The molecule has 2 aromatic rings. The predicted octanol–water partition coefficient (Wildman–Crippen LogP) is 5.49. The zero-order valence-corrected chi connectivity index (χ0v) is 17.5. The number of ether oxygens (including phenoxy) is 1. The number of allylic oxidation sites excluding steroid dienone is 1. The number of halogens is 2. The fourth-order valence-electron chi connectivity index (χ4n) is 3.36. The van der Waals surface area contributed by atoms with E-state index in [9.17, 15) is 9.59 Å². The Morgan fingerprint density at radius 1 is 1.07 bits per heavy atom. The Kier molecular flexibility index (Phi) is 5.64. The number of hydrogen-bond donors (Lipinski definition) is 0. The number of rotatable bonds is 3. The molecule has 0 aliphatic carbocycles. The van der Waals surface area contributed by atoms with Gasteiger partial charge in [0.25, 0.3) is 5.91 Å². The van der Waals surface area contributed by atoms with E-state index >= 15 is 0 Å². The van der Waals surface area contributed by atoms with Gasteiger partial charge in [0.05, 0.1) is 28.3 Å². The van der Waals surface area contributed by atoms with E-state index < -0.39 is 5.97 Å². The molecule has 0 N–H and O–H groups in total. The molecule has 2 aromatic carbocycles. The third-order valence-corrected chi connectivity index (χ3v) is 5.37. The quantitative estimate of drug-likeness (QED) is 0.491. The zero-order chi connectivity index (χ0) is 20.6.